The van der Waals surface area contributed by atoms with E-state index in [2.05, 4.69) is 29.2 Å². The number of aliphatic imine (C=N–C) groups is 1. The fourth-order valence-corrected chi connectivity index (χ4v) is 2.92. The van der Waals surface area contributed by atoms with Gasteiger partial charge in [0.25, 0.3) is 0 Å². The third kappa shape index (κ3) is 6.72. The molecule has 0 aromatic rings. The van der Waals surface area contributed by atoms with Gasteiger partial charge in [-0.25, -0.2) is 0 Å². The number of likely N-dealkylation sites (N-methyl/N-ethyl adjacent to an activating group) is 1. The van der Waals surface area contributed by atoms with Crippen LogP contribution in [0, 0.1) is 11.3 Å². The Balaban J connectivity index is 0.00000220. The Morgan fingerprint density at radius 3 is 2.57 bits per heavy atom. The van der Waals surface area contributed by atoms with Crippen molar-refractivity contribution in [2.75, 3.05) is 40.4 Å². The van der Waals surface area contributed by atoms with Crippen LogP contribution in [-0.2, 0) is 4.74 Å². The van der Waals surface area contributed by atoms with Gasteiger partial charge in [0.2, 0.25) is 0 Å². The lowest BCUT2D eigenvalue weighted by atomic mass is 9.89. The van der Waals surface area contributed by atoms with Crippen molar-refractivity contribution in [1.29, 1.82) is 0 Å². The minimum Gasteiger partial charge on any atom is -0.379 e. The van der Waals surface area contributed by atoms with Crippen molar-refractivity contribution in [3.8, 4) is 0 Å². The zero-order chi connectivity index (χ0) is 14.4. The molecule has 124 valence electrons. The monoisotopic (exact) mass is 409 g/mol. The first-order valence-electron chi connectivity index (χ1n) is 8.12. The number of ether oxygens (including phenoxy) is 1. The van der Waals surface area contributed by atoms with Crippen molar-refractivity contribution in [3.63, 3.8) is 0 Å². The minimum atomic E-state index is 0. The molecule has 2 aliphatic carbocycles. The standard InChI is InChI=1S/C16H31N3O.HI/c1-16(8-4-5-9-16)13-18-15(17-2)19(3)10-11-20-12-14-6-7-14;/h14H,4-13H2,1-3H3,(H,17,18);1H. The molecule has 2 fully saturated rings. The molecule has 0 aromatic carbocycles. The molecule has 0 amide bonds. The maximum Gasteiger partial charge on any atom is 0.193 e. The van der Waals surface area contributed by atoms with Gasteiger partial charge in [-0.3, -0.25) is 4.99 Å². The van der Waals surface area contributed by atoms with Crippen LogP contribution in [0.1, 0.15) is 45.4 Å². The smallest absolute Gasteiger partial charge is 0.193 e. The average Bonchev–Trinajstić information content (AvgIpc) is 3.16. The van der Waals surface area contributed by atoms with Gasteiger partial charge in [-0.15, -0.1) is 24.0 Å². The molecule has 2 rings (SSSR count). The fraction of sp³-hybridized carbons (Fsp3) is 0.938. The summed E-state index contributed by atoms with van der Waals surface area (Å²) in [6.45, 7) is 6.07. The van der Waals surface area contributed by atoms with Crippen LogP contribution in [0.15, 0.2) is 4.99 Å². The Kier molecular flexibility index (Phi) is 8.31. The highest BCUT2D eigenvalue weighted by Crippen LogP contribution is 2.36. The first kappa shape index (κ1) is 19.0. The second-order valence-electron chi connectivity index (χ2n) is 6.86. The Morgan fingerprint density at radius 1 is 1.33 bits per heavy atom. The number of hydrogen-bond acceptors (Lipinski definition) is 2. The van der Waals surface area contributed by atoms with Gasteiger partial charge in [0.1, 0.15) is 0 Å². The van der Waals surface area contributed by atoms with Gasteiger partial charge >= 0.3 is 0 Å². The Labute approximate surface area is 147 Å². The van der Waals surface area contributed by atoms with Crippen molar-refractivity contribution in [3.05, 3.63) is 0 Å². The summed E-state index contributed by atoms with van der Waals surface area (Å²) in [6, 6.07) is 0. The highest BCUT2D eigenvalue weighted by Gasteiger charge is 2.28. The lowest BCUT2D eigenvalue weighted by Gasteiger charge is -2.28. The van der Waals surface area contributed by atoms with E-state index in [1.807, 2.05) is 7.05 Å². The van der Waals surface area contributed by atoms with E-state index < -0.39 is 0 Å². The number of hydrogen-bond donors (Lipinski definition) is 1. The average molecular weight is 409 g/mol. The molecule has 2 aliphatic rings. The molecule has 0 spiro atoms. The summed E-state index contributed by atoms with van der Waals surface area (Å²) in [5.41, 5.74) is 0.458. The van der Waals surface area contributed by atoms with Gasteiger partial charge in [0, 0.05) is 33.8 Å². The second-order valence-corrected chi connectivity index (χ2v) is 6.86. The molecule has 0 aromatic heterocycles. The molecule has 0 aliphatic heterocycles. The zero-order valence-corrected chi connectivity index (χ0v) is 16.2. The van der Waals surface area contributed by atoms with Crippen molar-refractivity contribution >= 4 is 29.9 Å². The minimum absolute atomic E-state index is 0. The van der Waals surface area contributed by atoms with Crippen LogP contribution in [0.25, 0.3) is 0 Å². The SMILES string of the molecule is CN=C(NCC1(C)CCCC1)N(C)CCOCC1CC1.I. The van der Waals surface area contributed by atoms with E-state index in [0.29, 0.717) is 5.41 Å². The zero-order valence-electron chi connectivity index (χ0n) is 13.9. The van der Waals surface area contributed by atoms with E-state index in [1.165, 1.54) is 38.5 Å². The van der Waals surface area contributed by atoms with Gasteiger partial charge in [-0.05, 0) is 37.0 Å². The van der Waals surface area contributed by atoms with Gasteiger partial charge in [0.15, 0.2) is 5.96 Å². The lowest BCUT2D eigenvalue weighted by Crippen LogP contribution is -2.44. The van der Waals surface area contributed by atoms with Gasteiger partial charge in [-0.1, -0.05) is 19.8 Å². The molecule has 21 heavy (non-hydrogen) atoms. The Bertz CT molecular complexity index is 325. The van der Waals surface area contributed by atoms with Crippen LogP contribution in [0.3, 0.4) is 0 Å². The summed E-state index contributed by atoms with van der Waals surface area (Å²) in [4.78, 5) is 6.55. The predicted molar refractivity (Wildman–Crippen MR) is 99.5 cm³/mol. The first-order valence-corrected chi connectivity index (χ1v) is 8.12. The van der Waals surface area contributed by atoms with Crippen molar-refractivity contribution in [2.24, 2.45) is 16.3 Å². The molecule has 0 radical (unpaired) electrons. The summed E-state index contributed by atoms with van der Waals surface area (Å²) in [6.07, 6.45) is 8.15. The summed E-state index contributed by atoms with van der Waals surface area (Å²) >= 11 is 0. The van der Waals surface area contributed by atoms with Crippen molar-refractivity contribution < 1.29 is 4.74 Å². The Morgan fingerprint density at radius 2 is 2.00 bits per heavy atom. The first-order chi connectivity index (χ1) is 9.63. The second kappa shape index (κ2) is 9.18. The van der Waals surface area contributed by atoms with Crippen LogP contribution in [0.5, 0.6) is 0 Å². The molecule has 0 saturated heterocycles. The van der Waals surface area contributed by atoms with E-state index in [-0.39, 0.29) is 24.0 Å². The molecule has 0 bridgehead atoms. The van der Waals surface area contributed by atoms with E-state index >= 15 is 0 Å². The molecule has 0 atom stereocenters. The maximum absolute atomic E-state index is 5.70. The number of halogens is 1. The number of rotatable bonds is 7. The maximum atomic E-state index is 5.70. The largest absolute Gasteiger partial charge is 0.379 e. The topological polar surface area (TPSA) is 36.9 Å². The number of nitrogens with one attached hydrogen (secondary N) is 1. The van der Waals surface area contributed by atoms with E-state index in [1.54, 1.807) is 0 Å². The highest BCUT2D eigenvalue weighted by molar-refractivity contribution is 14.0. The van der Waals surface area contributed by atoms with E-state index in [4.69, 9.17) is 4.74 Å². The molecular formula is C16H32IN3O. The van der Waals surface area contributed by atoms with Crippen LogP contribution in [-0.4, -0.2) is 51.3 Å². The van der Waals surface area contributed by atoms with Crippen molar-refractivity contribution in [1.82, 2.24) is 10.2 Å². The van der Waals surface area contributed by atoms with Crippen molar-refractivity contribution in [2.45, 2.75) is 45.4 Å². The van der Waals surface area contributed by atoms with E-state index in [0.717, 1.165) is 38.2 Å². The quantitative estimate of drug-likeness (QED) is 0.304. The number of nitrogens with zero attached hydrogens (tertiary/aromatic N) is 2. The molecule has 2 saturated carbocycles. The number of guanidine groups is 1. The molecule has 5 heteroatoms. The summed E-state index contributed by atoms with van der Waals surface area (Å²) in [7, 11) is 3.95. The molecule has 0 heterocycles. The fourth-order valence-electron chi connectivity index (χ4n) is 2.92. The third-order valence-corrected chi connectivity index (χ3v) is 4.68. The summed E-state index contributed by atoms with van der Waals surface area (Å²) in [5.74, 6) is 1.84. The molecular weight excluding hydrogens is 377 g/mol. The van der Waals surface area contributed by atoms with Crippen LogP contribution in [0.4, 0.5) is 0 Å². The third-order valence-electron chi connectivity index (χ3n) is 4.68. The Hall–Kier alpha value is -0.0400. The van der Waals surface area contributed by atoms with Crippen LogP contribution >= 0.6 is 24.0 Å². The van der Waals surface area contributed by atoms with Crippen LogP contribution in [0.2, 0.25) is 0 Å². The lowest BCUT2D eigenvalue weighted by molar-refractivity contribution is 0.115. The van der Waals surface area contributed by atoms with Crippen LogP contribution < -0.4 is 5.32 Å². The molecule has 4 nitrogen and oxygen atoms in total. The van der Waals surface area contributed by atoms with Gasteiger partial charge in [-0.2, -0.15) is 0 Å². The van der Waals surface area contributed by atoms with Gasteiger partial charge in [0.05, 0.1) is 6.61 Å². The normalized spacial score (nSPS) is 21.0. The molecule has 0 unspecified atom stereocenters. The predicted octanol–water partition coefficient (Wildman–Crippen LogP) is 3.12. The highest BCUT2D eigenvalue weighted by atomic mass is 127. The van der Waals surface area contributed by atoms with E-state index in [9.17, 15) is 0 Å². The van der Waals surface area contributed by atoms with Gasteiger partial charge < -0.3 is 15.0 Å². The summed E-state index contributed by atoms with van der Waals surface area (Å²) < 4.78 is 5.70. The molecule has 1 N–H and O–H groups in total. The summed E-state index contributed by atoms with van der Waals surface area (Å²) in [5, 5.41) is 3.53.